The Hall–Kier alpha value is -4.88. The van der Waals surface area contributed by atoms with Crippen LogP contribution in [0.15, 0.2) is 55.4 Å². The zero-order chi connectivity index (χ0) is 28.2. The smallest absolute Gasteiger partial charge is 0.247 e. The lowest BCUT2D eigenvalue weighted by Gasteiger charge is -2.24. The Balaban J connectivity index is 1.57. The molecule has 0 radical (unpaired) electrons. The first-order valence-electron chi connectivity index (χ1n) is 13.1. The minimum atomic E-state index is -0.329. The van der Waals surface area contributed by atoms with E-state index in [1.807, 2.05) is 25.1 Å². The van der Waals surface area contributed by atoms with E-state index in [0.717, 1.165) is 42.6 Å². The molecule has 1 aliphatic rings. The van der Waals surface area contributed by atoms with E-state index in [-0.39, 0.29) is 5.91 Å². The van der Waals surface area contributed by atoms with E-state index in [9.17, 15) is 10.1 Å². The molecule has 0 bridgehead atoms. The lowest BCUT2D eigenvalue weighted by atomic mass is 10.0. The van der Waals surface area contributed by atoms with Gasteiger partial charge in [-0.3, -0.25) is 4.79 Å². The van der Waals surface area contributed by atoms with Crippen LogP contribution >= 0.6 is 0 Å². The van der Waals surface area contributed by atoms with Crippen molar-refractivity contribution in [3.05, 3.63) is 66.5 Å². The van der Waals surface area contributed by atoms with Crippen molar-refractivity contribution < 1.29 is 9.53 Å². The highest BCUT2D eigenvalue weighted by Gasteiger charge is 2.21. The molecule has 2 aromatic carbocycles. The van der Waals surface area contributed by atoms with E-state index in [2.05, 4.69) is 62.5 Å². The van der Waals surface area contributed by atoms with Crippen LogP contribution in [0.3, 0.4) is 0 Å². The zero-order valence-corrected chi connectivity index (χ0v) is 22.9. The molecule has 3 N–H and O–H groups in total. The molecule has 0 fully saturated rings. The topological polar surface area (TPSA) is 120 Å². The fraction of sp³-hybridized carbons (Fsp3) is 0.267. The van der Waals surface area contributed by atoms with Crippen LogP contribution < -0.4 is 25.6 Å². The van der Waals surface area contributed by atoms with Crippen LogP contribution in [-0.2, 0) is 17.8 Å². The highest BCUT2D eigenvalue weighted by atomic mass is 16.5. The third kappa shape index (κ3) is 5.07. The number of aromatic nitrogens is 3. The summed E-state index contributed by atoms with van der Waals surface area (Å²) in [5, 5.41) is 20.2. The van der Waals surface area contributed by atoms with Crippen LogP contribution in [0, 0.1) is 11.3 Å². The number of carbonyl (C=O) groups excluding carboxylic acids is 1. The summed E-state index contributed by atoms with van der Waals surface area (Å²) in [5.41, 5.74) is 6.27. The summed E-state index contributed by atoms with van der Waals surface area (Å²) in [6.45, 7) is 5.97. The fourth-order valence-electron chi connectivity index (χ4n) is 5.13. The summed E-state index contributed by atoms with van der Waals surface area (Å²) in [7, 11) is 5.41. The maximum Gasteiger partial charge on any atom is 0.247 e. The number of carbonyl (C=O) groups is 1. The number of methoxy groups -OCH3 is 1. The monoisotopic (exact) mass is 536 g/mol. The molecule has 1 amide bonds. The summed E-state index contributed by atoms with van der Waals surface area (Å²) >= 11 is 0. The Morgan fingerprint density at radius 1 is 1.32 bits per heavy atom. The average molecular weight is 537 g/mol. The van der Waals surface area contributed by atoms with Gasteiger partial charge in [-0.2, -0.15) is 5.26 Å². The van der Waals surface area contributed by atoms with Crippen molar-refractivity contribution >= 4 is 39.8 Å². The van der Waals surface area contributed by atoms with E-state index in [1.165, 1.54) is 23.4 Å². The molecule has 5 rings (SSSR count). The predicted molar refractivity (Wildman–Crippen MR) is 158 cm³/mol. The van der Waals surface area contributed by atoms with Gasteiger partial charge in [-0.1, -0.05) is 24.8 Å². The van der Waals surface area contributed by atoms with Crippen LogP contribution in [-0.4, -0.2) is 54.7 Å². The maximum absolute atomic E-state index is 12.3. The molecule has 3 heterocycles. The molecule has 0 saturated carbocycles. The maximum atomic E-state index is 12.3. The number of likely N-dealkylation sites (N-methyl/N-ethyl adjacent to an activating group) is 2. The molecule has 0 atom stereocenters. The Morgan fingerprint density at radius 2 is 2.17 bits per heavy atom. The number of hydrogen-bond acceptors (Lipinski definition) is 8. The first-order chi connectivity index (χ1) is 19.5. The summed E-state index contributed by atoms with van der Waals surface area (Å²) in [5.74, 6) is 0.519. The molecule has 0 unspecified atom stereocenters. The lowest BCUT2D eigenvalue weighted by molar-refractivity contribution is -0.111. The van der Waals surface area contributed by atoms with Crippen LogP contribution in [0.25, 0.3) is 22.2 Å². The molecule has 0 aliphatic carbocycles. The third-order valence-corrected chi connectivity index (χ3v) is 7.11. The standard InChI is InChI=1S/C30H32N8O2/c1-5-27(39)34-23-14-24(26(40-4)15-25(23)37(3)13-11-32-2)35-30-33-17-20(16-31)28(36-30)22-18-38-12-7-9-19-8-6-10-21(22)29(19)38/h5-6,8,10,14-15,17-18,32H,1,7,9,11-13H2,2-4H3,(H,34,39)(H,33,35,36). The summed E-state index contributed by atoms with van der Waals surface area (Å²) < 4.78 is 7.96. The number of nitrogens with one attached hydrogen (secondary N) is 3. The van der Waals surface area contributed by atoms with Gasteiger partial charge in [-0.05, 0) is 37.6 Å². The summed E-state index contributed by atoms with van der Waals surface area (Å²) in [6, 6.07) is 12.2. The number of benzene rings is 2. The number of nitrogens with zero attached hydrogens (tertiary/aromatic N) is 5. The number of aryl methyl sites for hydroxylation is 2. The molecule has 10 heteroatoms. The second-order valence-electron chi connectivity index (χ2n) is 9.63. The van der Waals surface area contributed by atoms with Gasteiger partial charge < -0.3 is 30.2 Å². The second kappa shape index (κ2) is 11.5. The molecule has 0 saturated heterocycles. The third-order valence-electron chi connectivity index (χ3n) is 7.11. The van der Waals surface area contributed by atoms with Gasteiger partial charge in [-0.15, -0.1) is 0 Å². The van der Waals surface area contributed by atoms with Crippen molar-refractivity contribution in [3.63, 3.8) is 0 Å². The first-order valence-corrected chi connectivity index (χ1v) is 13.1. The van der Waals surface area contributed by atoms with Gasteiger partial charge in [-0.25, -0.2) is 9.97 Å². The van der Waals surface area contributed by atoms with Gasteiger partial charge >= 0.3 is 0 Å². The Bertz CT molecular complexity index is 1640. The number of hydrogen-bond donors (Lipinski definition) is 3. The molecular weight excluding hydrogens is 504 g/mol. The van der Waals surface area contributed by atoms with Crippen LogP contribution in [0.4, 0.5) is 23.0 Å². The van der Waals surface area contributed by atoms with E-state index >= 15 is 0 Å². The average Bonchev–Trinajstić information content (AvgIpc) is 3.36. The fourth-order valence-corrected chi connectivity index (χ4v) is 5.13. The molecule has 0 spiro atoms. The van der Waals surface area contributed by atoms with Gasteiger partial charge in [0.05, 0.1) is 47.1 Å². The van der Waals surface area contributed by atoms with E-state index in [1.54, 1.807) is 13.2 Å². The Kier molecular flexibility index (Phi) is 7.66. The molecule has 2 aromatic heterocycles. The van der Waals surface area contributed by atoms with Gasteiger partial charge in [0.1, 0.15) is 11.8 Å². The van der Waals surface area contributed by atoms with Crippen molar-refractivity contribution in [2.75, 3.05) is 49.8 Å². The number of nitriles is 1. The second-order valence-corrected chi connectivity index (χ2v) is 9.63. The normalized spacial score (nSPS) is 12.1. The molecule has 1 aliphatic heterocycles. The van der Waals surface area contributed by atoms with Crippen LogP contribution in [0.1, 0.15) is 17.5 Å². The Labute approximate surface area is 233 Å². The van der Waals surface area contributed by atoms with Crippen molar-refractivity contribution in [2.24, 2.45) is 0 Å². The number of amides is 1. The zero-order valence-electron chi connectivity index (χ0n) is 22.9. The SMILES string of the molecule is C=CC(=O)Nc1cc(Nc2ncc(C#N)c(-c3cn4c5c(cccc35)CCC4)n2)c(OC)cc1N(C)CCNC. The minimum absolute atomic E-state index is 0.302. The highest BCUT2D eigenvalue weighted by molar-refractivity contribution is 6.02. The molecule has 10 nitrogen and oxygen atoms in total. The van der Waals surface area contributed by atoms with Crippen molar-refractivity contribution in [2.45, 2.75) is 19.4 Å². The van der Waals surface area contributed by atoms with Crippen LogP contribution in [0.2, 0.25) is 0 Å². The number of ether oxygens (including phenoxy) is 1. The van der Waals surface area contributed by atoms with Crippen molar-refractivity contribution in [1.82, 2.24) is 19.9 Å². The molecular formula is C30H32N8O2. The quantitative estimate of drug-likeness (QED) is 0.254. The largest absolute Gasteiger partial charge is 0.494 e. The van der Waals surface area contributed by atoms with Gasteiger partial charge in [0.25, 0.3) is 0 Å². The number of para-hydroxylation sites is 1. The highest BCUT2D eigenvalue weighted by Crippen LogP contribution is 2.39. The minimum Gasteiger partial charge on any atom is -0.494 e. The van der Waals surface area contributed by atoms with Gasteiger partial charge in [0.15, 0.2) is 0 Å². The van der Waals surface area contributed by atoms with Gasteiger partial charge in [0.2, 0.25) is 11.9 Å². The van der Waals surface area contributed by atoms with Gasteiger partial charge in [0, 0.05) is 49.9 Å². The molecule has 4 aromatic rings. The van der Waals surface area contributed by atoms with Crippen molar-refractivity contribution in [1.29, 1.82) is 5.26 Å². The predicted octanol–water partition coefficient (Wildman–Crippen LogP) is 4.45. The van der Waals surface area contributed by atoms with E-state index in [0.29, 0.717) is 40.9 Å². The van der Waals surface area contributed by atoms with Crippen LogP contribution in [0.5, 0.6) is 5.75 Å². The lowest BCUT2D eigenvalue weighted by Crippen LogP contribution is -2.28. The van der Waals surface area contributed by atoms with E-state index in [4.69, 9.17) is 9.72 Å². The Morgan fingerprint density at radius 3 is 2.92 bits per heavy atom. The number of anilines is 4. The van der Waals surface area contributed by atoms with Crippen molar-refractivity contribution in [3.8, 4) is 23.1 Å². The summed E-state index contributed by atoms with van der Waals surface area (Å²) in [4.78, 5) is 23.5. The number of rotatable bonds is 10. The van der Waals surface area contributed by atoms with E-state index < -0.39 is 0 Å². The molecule has 40 heavy (non-hydrogen) atoms. The summed E-state index contributed by atoms with van der Waals surface area (Å²) in [6.07, 6.45) is 6.95. The molecule has 204 valence electrons. The first kappa shape index (κ1) is 26.7.